The molecule has 7 heteroatoms. The van der Waals surface area contributed by atoms with Crippen LogP contribution in [0.2, 0.25) is 0 Å². The van der Waals surface area contributed by atoms with Crippen molar-refractivity contribution in [1.82, 2.24) is 9.29 Å². The van der Waals surface area contributed by atoms with Crippen LogP contribution < -0.4 is 0 Å². The summed E-state index contributed by atoms with van der Waals surface area (Å²) in [6.07, 6.45) is 5.04. The average Bonchev–Trinajstić information content (AvgIpc) is 2.46. The van der Waals surface area contributed by atoms with Crippen LogP contribution in [-0.4, -0.2) is 49.1 Å². The lowest BCUT2D eigenvalue weighted by Gasteiger charge is -2.19. The molecule has 0 bridgehead atoms. The van der Waals surface area contributed by atoms with Gasteiger partial charge in [-0.3, -0.25) is 9.78 Å². The Bertz CT molecular complexity index is 558. The van der Waals surface area contributed by atoms with Crippen LogP contribution in [-0.2, 0) is 26.0 Å². The van der Waals surface area contributed by atoms with Crippen LogP contribution >= 0.6 is 0 Å². The highest BCUT2D eigenvalue weighted by Crippen LogP contribution is 2.07. The van der Waals surface area contributed by atoms with Gasteiger partial charge in [0.1, 0.15) is 6.54 Å². The molecule has 0 amide bonds. The third kappa shape index (κ3) is 6.05. The van der Waals surface area contributed by atoms with Crippen molar-refractivity contribution in [1.29, 1.82) is 0 Å². The molecule has 0 spiro atoms. The fourth-order valence-electron chi connectivity index (χ4n) is 1.70. The van der Waals surface area contributed by atoms with E-state index in [1.54, 1.807) is 31.5 Å². The van der Waals surface area contributed by atoms with Gasteiger partial charge in [0.15, 0.2) is 0 Å². The molecule has 116 valence electrons. The van der Waals surface area contributed by atoms with E-state index < -0.39 is 16.0 Å². The van der Waals surface area contributed by atoms with E-state index in [1.807, 2.05) is 0 Å². The van der Waals surface area contributed by atoms with Gasteiger partial charge >= 0.3 is 5.97 Å². The van der Waals surface area contributed by atoms with E-state index >= 15 is 0 Å². The van der Waals surface area contributed by atoms with Gasteiger partial charge in [-0.1, -0.05) is 6.08 Å². The Morgan fingerprint density at radius 3 is 2.67 bits per heavy atom. The average molecular weight is 312 g/mol. The standard InChI is InChI=1S/C14H20N2O4S/c1-3-10-16(12-14(17)20-4-2)21(18,19)11-7-13-5-8-15-9-6-13/h3,5-6,8-9H,1,4,7,10-12H2,2H3. The van der Waals surface area contributed by atoms with E-state index in [-0.39, 0.29) is 25.4 Å². The van der Waals surface area contributed by atoms with Crippen LogP contribution in [0, 0.1) is 0 Å². The van der Waals surface area contributed by atoms with Crippen LogP contribution in [0.15, 0.2) is 37.2 Å². The van der Waals surface area contributed by atoms with Crippen molar-refractivity contribution >= 4 is 16.0 Å². The zero-order chi connectivity index (χ0) is 15.7. The summed E-state index contributed by atoms with van der Waals surface area (Å²) in [4.78, 5) is 15.4. The van der Waals surface area contributed by atoms with E-state index in [9.17, 15) is 13.2 Å². The first-order chi connectivity index (χ1) is 9.99. The highest BCUT2D eigenvalue weighted by atomic mass is 32.2. The topological polar surface area (TPSA) is 76.6 Å². The summed E-state index contributed by atoms with van der Waals surface area (Å²) in [7, 11) is -3.56. The number of nitrogens with zero attached hydrogens (tertiary/aromatic N) is 2. The van der Waals surface area contributed by atoms with Crippen LogP contribution in [0.25, 0.3) is 0 Å². The SMILES string of the molecule is C=CCN(CC(=O)OCC)S(=O)(=O)CCc1ccncc1. The lowest BCUT2D eigenvalue weighted by atomic mass is 10.2. The molecule has 0 aliphatic carbocycles. The van der Waals surface area contributed by atoms with Gasteiger partial charge in [0, 0.05) is 18.9 Å². The van der Waals surface area contributed by atoms with E-state index in [0.29, 0.717) is 6.42 Å². The molecule has 0 saturated heterocycles. The Kier molecular flexibility index (Phi) is 7.04. The summed E-state index contributed by atoms with van der Waals surface area (Å²) in [6.45, 7) is 5.20. The number of sulfonamides is 1. The van der Waals surface area contributed by atoms with Gasteiger partial charge in [0.2, 0.25) is 10.0 Å². The molecular weight excluding hydrogens is 292 g/mol. The molecule has 0 fully saturated rings. The monoisotopic (exact) mass is 312 g/mol. The van der Waals surface area contributed by atoms with Crippen molar-refractivity contribution in [2.45, 2.75) is 13.3 Å². The Labute approximate surface area is 125 Å². The van der Waals surface area contributed by atoms with E-state index in [1.165, 1.54) is 6.08 Å². The molecule has 1 aromatic heterocycles. The van der Waals surface area contributed by atoms with E-state index in [0.717, 1.165) is 9.87 Å². The highest BCUT2D eigenvalue weighted by Gasteiger charge is 2.23. The fraction of sp³-hybridized carbons (Fsp3) is 0.429. The van der Waals surface area contributed by atoms with Gasteiger partial charge in [0.05, 0.1) is 12.4 Å². The van der Waals surface area contributed by atoms with Gasteiger partial charge in [-0.15, -0.1) is 6.58 Å². The molecule has 1 rings (SSSR count). The lowest BCUT2D eigenvalue weighted by molar-refractivity contribution is -0.143. The summed E-state index contributed by atoms with van der Waals surface area (Å²) in [5.74, 6) is -0.642. The summed E-state index contributed by atoms with van der Waals surface area (Å²) < 4.78 is 30.4. The summed E-state index contributed by atoms with van der Waals surface area (Å²) >= 11 is 0. The molecule has 0 atom stereocenters. The van der Waals surface area contributed by atoms with Gasteiger partial charge < -0.3 is 4.74 Å². The minimum atomic E-state index is -3.56. The Morgan fingerprint density at radius 1 is 1.43 bits per heavy atom. The maximum atomic E-state index is 12.3. The number of hydrogen-bond donors (Lipinski definition) is 0. The minimum absolute atomic E-state index is 0.0791. The van der Waals surface area contributed by atoms with Crippen molar-refractivity contribution in [3.63, 3.8) is 0 Å². The largest absolute Gasteiger partial charge is 0.465 e. The van der Waals surface area contributed by atoms with Crippen molar-refractivity contribution < 1.29 is 17.9 Å². The number of aryl methyl sites for hydroxylation is 1. The highest BCUT2D eigenvalue weighted by molar-refractivity contribution is 7.89. The zero-order valence-electron chi connectivity index (χ0n) is 12.1. The predicted molar refractivity (Wildman–Crippen MR) is 80.1 cm³/mol. The van der Waals surface area contributed by atoms with Crippen molar-refractivity contribution in [2.75, 3.05) is 25.4 Å². The molecule has 0 aliphatic rings. The quantitative estimate of drug-likeness (QED) is 0.502. The third-order valence-corrected chi connectivity index (χ3v) is 4.52. The number of hydrogen-bond acceptors (Lipinski definition) is 5. The molecule has 0 unspecified atom stereocenters. The number of carbonyl (C=O) groups is 1. The molecule has 1 aromatic rings. The summed E-state index contributed by atoms with van der Waals surface area (Å²) in [6, 6.07) is 3.53. The molecule has 6 nitrogen and oxygen atoms in total. The summed E-state index contributed by atoms with van der Waals surface area (Å²) in [5.41, 5.74) is 0.878. The van der Waals surface area contributed by atoms with E-state index in [2.05, 4.69) is 11.6 Å². The van der Waals surface area contributed by atoms with Crippen molar-refractivity contribution in [3.8, 4) is 0 Å². The second-order valence-electron chi connectivity index (χ2n) is 4.31. The summed E-state index contributed by atoms with van der Waals surface area (Å²) in [5, 5.41) is 0. The van der Waals surface area contributed by atoms with Crippen molar-refractivity contribution in [2.24, 2.45) is 0 Å². The molecule has 0 radical (unpaired) electrons. The maximum Gasteiger partial charge on any atom is 0.321 e. The number of carbonyl (C=O) groups excluding carboxylic acids is 1. The minimum Gasteiger partial charge on any atom is -0.465 e. The molecule has 1 heterocycles. The maximum absolute atomic E-state index is 12.3. The number of esters is 1. The first-order valence-corrected chi connectivity index (χ1v) is 8.23. The van der Waals surface area contributed by atoms with Crippen molar-refractivity contribution in [3.05, 3.63) is 42.7 Å². The number of ether oxygens (including phenoxy) is 1. The van der Waals surface area contributed by atoms with E-state index in [4.69, 9.17) is 4.74 Å². The van der Waals surface area contributed by atoms with Gasteiger partial charge in [0.25, 0.3) is 0 Å². The van der Waals surface area contributed by atoms with Crippen LogP contribution in [0.4, 0.5) is 0 Å². The Balaban J connectivity index is 2.70. The van der Waals surface area contributed by atoms with Crippen LogP contribution in [0.3, 0.4) is 0 Å². The van der Waals surface area contributed by atoms with Crippen LogP contribution in [0.1, 0.15) is 12.5 Å². The third-order valence-electron chi connectivity index (χ3n) is 2.73. The molecule has 21 heavy (non-hydrogen) atoms. The predicted octanol–water partition coefficient (Wildman–Crippen LogP) is 1.00. The molecule has 0 aromatic carbocycles. The Morgan fingerprint density at radius 2 is 2.10 bits per heavy atom. The smallest absolute Gasteiger partial charge is 0.321 e. The zero-order valence-corrected chi connectivity index (χ0v) is 12.9. The second kappa shape index (κ2) is 8.53. The van der Waals surface area contributed by atoms with Crippen LogP contribution in [0.5, 0.6) is 0 Å². The molecule has 0 aliphatic heterocycles. The normalized spacial score (nSPS) is 11.3. The first kappa shape index (κ1) is 17.3. The fourth-order valence-corrected chi connectivity index (χ4v) is 3.08. The van der Waals surface area contributed by atoms with Gasteiger partial charge in [-0.05, 0) is 31.0 Å². The molecule has 0 N–H and O–H groups in total. The second-order valence-corrected chi connectivity index (χ2v) is 6.40. The number of rotatable bonds is 9. The number of pyridine rings is 1. The molecular formula is C14H20N2O4S. The Hall–Kier alpha value is -1.73. The number of aromatic nitrogens is 1. The lowest BCUT2D eigenvalue weighted by Crippen LogP contribution is -2.38. The van der Waals surface area contributed by atoms with Gasteiger partial charge in [-0.2, -0.15) is 4.31 Å². The first-order valence-electron chi connectivity index (χ1n) is 6.63. The van der Waals surface area contributed by atoms with Gasteiger partial charge in [-0.25, -0.2) is 8.42 Å². The molecule has 0 saturated carbocycles.